The number of alkyl carbamates (subject to hydrolysis) is 1. The Bertz CT molecular complexity index is 612. The van der Waals surface area contributed by atoms with E-state index in [2.05, 4.69) is 47.1 Å². The van der Waals surface area contributed by atoms with Gasteiger partial charge in [0.15, 0.2) is 0 Å². The zero-order chi connectivity index (χ0) is 21.6. The van der Waals surface area contributed by atoms with E-state index in [1.807, 2.05) is 12.1 Å². The van der Waals surface area contributed by atoms with Crippen molar-refractivity contribution in [2.45, 2.75) is 46.3 Å². The molecule has 1 rings (SSSR count). The number of nitrogens with one attached hydrogen (secondary N) is 2. The van der Waals surface area contributed by atoms with Gasteiger partial charge >= 0.3 is 6.09 Å². The second-order valence-electron chi connectivity index (χ2n) is 7.35. The van der Waals surface area contributed by atoms with Gasteiger partial charge in [0.1, 0.15) is 6.61 Å². The molecule has 3 unspecified atom stereocenters. The number of hydrogen-bond acceptors (Lipinski definition) is 5. The zero-order valence-electron chi connectivity index (χ0n) is 17.4. The summed E-state index contributed by atoms with van der Waals surface area (Å²) in [6, 6.07) is 7.21. The van der Waals surface area contributed by atoms with E-state index in [9.17, 15) is 14.7 Å². The molecule has 7 nitrogen and oxygen atoms in total. The van der Waals surface area contributed by atoms with Gasteiger partial charge in [-0.2, -0.15) is 0 Å². The molecule has 1 aromatic carbocycles. The number of hydrogen-bond donors (Lipinski definition) is 3. The number of anilines is 1. The Morgan fingerprint density at radius 3 is 2.45 bits per heavy atom. The van der Waals surface area contributed by atoms with Crippen molar-refractivity contribution in [1.29, 1.82) is 0 Å². The molecule has 3 atom stereocenters. The van der Waals surface area contributed by atoms with Crippen LogP contribution in [0.5, 0.6) is 0 Å². The molecule has 0 saturated carbocycles. The number of carbonyl (C=O) groups excluding carboxylic acids is 2. The van der Waals surface area contributed by atoms with Gasteiger partial charge in [-0.05, 0) is 36.0 Å². The Balaban J connectivity index is 2.21. The second-order valence-corrected chi connectivity index (χ2v) is 8.23. The number of amides is 2. The third kappa shape index (κ3) is 12.0. The molecule has 0 aliphatic heterocycles. The number of carbonyl (C=O) groups is 2. The summed E-state index contributed by atoms with van der Waals surface area (Å²) in [6.07, 6.45) is 0.472. The van der Waals surface area contributed by atoms with Crippen molar-refractivity contribution in [1.82, 2.24) is 5.32 Å². The maximum atomic E-state index is 11.9. The molecule has 0 spiro atoms. The molecule has 164 valence electrons. The van der Waals surface area contributed by atoms with E-state index >= 15 is 0 Å². The number of aliphatic hydroxyl groups excluding tert-OH is 1. The van der Waals surface area contributed by atoms with Gasteiger partial charge in [0, 0.05) is 29.7 Å². The molecular formula is C21H33IN2O5. The average Bonchev–Trinajstić information content (AvgIpc) is 2.71. The molecule has 29 heavy (non-hydrogen) atoms. The number of ether oxygens (including phenoxy) is 2. The minimum atomic E-state index is -0.450. The molecule has 8 heteroatoms. The molecule has 0 aliphatic carbocycles. The normalized spacial score (nSPS) is 14.0. The zero-order valence-corrected chi connectivity index (χ0v) is 19.6. The third-order valence-electron chi connectivity index (χ3n) is 4.22. The molecule has 0 saturated heterocycles. The maximum absolute atomic E-state index is 11.9. The third-order valence-corrected chi connectivity index (χ3v) is 5.24. The molecule has 0 aromatic heterocycles. The lowest BCUT2D eigenvalue weighted by atomic mass is 9.98. The molecule has 0 heterocycles. The summed E-state index contributed by atoms with van der Waals surface area (Å²) < 4.78 is 11.4. The predicted octanol–water partition coefficient (Wildman–Crippen LogP) is 3.74. The van der Waals surface area contributed by atoms with E-state index in [0.717, 1.165) is 17.7 Å². The van der Waals surface area contributed by atoms with Crippen molar-refractivity contribution in [3.05, 3.63) is 29.8 Å². The molecular weight excluding hydrogens is 487 g/mol. The first-order chi connectivity index (χ1) is 13.8. The van der Waals surface area contributed by atoms with Crippen LogP contribution in [0.1, 0.15) is 39.2 Å². The number of benzene rings is 1. The van der Waals surface area contributed by atoms with Crippen molar-refractivity contribution in [3.63, 3.8) is 0 Å². The van der Waals surface area contributed by atoms with Crippen molar-refractivity contribution < 1.29 is 24.2 Å². The number of aliphatic hydroxyl groups is 1. The summed E-state index contributed by atoms with van der Waals surface area (Å²) in [5, 5.41) is 15.0. The van der Waals surface area contributed by atoms with Gasteiger partial charge in [-0.3, -0.25) is 4.79 Å². The van der Waals surface area contributed by atoms with E-state index in [0.29, 0.717) is 36.5 Å². The Morgan fingerprint density at radius 1 is 1.14 bits per heavy atom. The fraction of sp³-hybridized carbons (Fsp3) is 0.619. The molecule has 2 amide bonds. The topological polar surface area (TPSA) is 96.9 Å². The van der Waals surface area contributed by atoms with Gasteiger partial charge in [-0.25, -0.2) is 4.79 Å². The summed E-state index contributed by atoms with van der Waals surface area (Å²) in [5.41, 5.74) is 1.57. The number of rotatable bonds is 13. The van der Waals surface area contributed by atoms with Gasteiger partial charge in [0.25, 0.3) is 0 Å². The Morgan fingerprint density at radius 2 is 1.83 bits per heavy atom. The van der Waals surface area contributed by atoms with E-state index in [1.54, 1.807) is 19.1 Å². The SMILES string of the molecule is CCC(=O)Nc1ccc(COC(=O)NCC(C)CC(C)COCC(O)CI)cc1. The maximum Gasteiger partial charge on any atom is 0.407 e. The largest absolute Gasteiger partial charge is 0.445 e. The molecule has 0 aliphatic rings. The highest BCUT2D eigenvalue weighted by Gasteiger charge is 2.12. The predicted molar refractivity (Wildman–Crippen MR) is 122 cm³/mol. The van der Waals surface area contributed by atoms with Crippen LogP contribution in [0.4, 0.5) is 10.5 Å². The van der Waals surface area contributed by atoms with Crippen LogP contribution in [0.2, 0.25) is 0 Å². The Kier molecular flexibility index (Phi) is 12.9. The standard InChI is InChI=1S/C21H33IN2O5/c1-4-20(26)24-18-7-5-17(6-8-18)13-29-21(27)23-11-15(2)9-16(3)12-28-14-19(25)10-22/h5-8,15-16,19,25H,4,9-14H2,1-3H3,(H,23,27)(H,24,26). The van der Waals surface area contributed by atoms with Gasteiger partial charge in [-0.15, -0.1) is 0 Å². The molecule has 0 fully saturated rings. The van der Waals surface area contributed by atoms with Crippen LogP contribution in [-0.2, 0) is 20.9 Å². The van der Waals surface area contributed by atoms with Gasteiger partial charge in [0.2, 0.25) is 5.91 Å². The highest BCUT2D eigenvalue weighted by Crippen LogP contribution is 2.13. The first-order valence-electron chi connectivity index (χ1n) is 9.95. The summed E-state index contributed by atoms with van der Waals surface area (Å²) >= 11 is 2.13. The average molecular weight is 520 g/mol. The smallest absolute Gasteiger partial charge is 0.407 e. The number of alkyl halides is 1. The summed E-state index contributed by atoms with van der Waals surface area (Å²) in [4.78, 5) is 23.3. The first kappa shape index (κ1) is 25.6. The van der Waals surface area contributed by atoms with Crippen LogP contribution in [-0.4, -0.2) is 47.4 Å². The second kappa shape index (κ2) is 14.6. The minimum absolute atomic E-state index is 0.0402. The Labute approximate surface area is 187 Å². The van der Waals surface area contributed by atoms with Crippen molar-refractivity contribution in [3.8, 4) is 0 Å². The van der Waals surface area contributed by atoms with E-state index < -0.39 is 12.2 Å². The summed E-state index contributed by atoms with van der Waals surface area (Å²) in [6.45, 7) is 7.62. The Hall–Kier alpha value is -1.39. The minimum Gasteiger partial charge on any atom is -0.445 e. The van der Waals surface area contributed by atoms with Crippen molar-refractivity contribution in [2.75, 3.05) is 29.5 Å². The molecule has 1 aromatic rings. The first-order valence-corrected chi connectivity index (χ1v) is 11.5. The molecule has 3 N–H and O–H groups in total. The highest BCUT2D eigenvalue weighted by atomic mass is 127. The van der Waals surface area contributed by atoms with Crippen LogP contribution >= 0.6 is 22.6 Å². The molecule has 0 radical (unpaired) electrons. The van der Waals surface area contributed by atoms with Gasteiger partial charge in [0.05, 0.1) is 12.7 Å². The van der Waals surface area contributed by atoms with E-state index in [4.69, 9.17) is 9.47 Å². The van der Waals surface area contributed by atoms with Crippen LogP contribution in [0.3, 0.4) is 0 Å². The van der Waals surface area contributed by atoms with Crippen LogP contribution in [0, 0.1) is 11.8 Å². The summed E-state index contributed by atoms with van der Waals surface area (Å²) in [5.74, 6) is 0.592. The van der Waals surface area contributed by atoms with Crippen LogP contribution in [0.15, 0.2) is 24.3 Å². The fourth-order valence-electron chi connectivity index (χ4n) is 2.68. The molecule has 0 bridgehead atoms. The summed E-state index contributed by atoms with van der Waals surface area (Å²) in [7, 11) is 0. The lowest BCUT2D eigenvalue weighted by Gasteiger charge is -2.18. The van der Waals surface area contributed by atoms with E-state index in [1.165, 1.54) is 0 Å². The van der Waals surface area contributed by atoms with Crippen molar-refractivity contribution in [2.24, 2.45) is 11.8 Å². The fourth-order valence-corrected chi connectivity index (χ4v) is 2.93. The van der Waals surface area contributed by atoms with Crippen LogP contribution in [0.25, 0.3) is 0 Å². The van der Waals surface area contributed by atoms with Gasteiger partial charge in [-0.1, -0.05) is 55.5 Å². The number of halogens is 1. The lowest BCUT2D eigenvalue weighted by Crippen LogP contribution is -2.30. The van der Waals surface area contributed by atoms with E-state index in [-0.39, 0.29) is 18.4 Å². The van der Waals surface area contributed by atoms with Crippen LogP contribution < -0.4 is 10.6 Å². The highest BCUT2D eigenvalue weighted by molar-refractivity contribution is 14.1. The van der Waals surface area contributed by atoms with Crippen molar-refractivity contribution >= 4 is 40.3 Å². The van der Waals surface area contributed by atoms with Gasteiger partial charge < -0.3 is 25.2 Å². The lowest BCUT2D eigenvalue weighted by molar-refractivity contribution is -0.115. The monoisotopic (exact) mass is 520 g/mol. The quantitative estimate of drug-likeness (QED) is 0.272.